The van der Waals surface area contributed by atoms with Crippen LogP contribution in [-0.2, 0) is 4.74 Å². The van der Waals surface area contributed by atoms with Gasteiger partial charge in [0.1, 0.15) is 12.7 Å². The Labute approximate surface area is 97.5 Å². The molecule has 1 atom stereocenters. The molecule has 6 nitrogen and oxygen atoms in total. The zero-order valence-electron chi connectivity index (χ0n) is 8.64. The van der Waals surface area contributed by atoms with Crippen LogP contribution in [0.1, 0.15) is 6.92 Å². The minimum absolute atomic E-state index is 0.113. The number of anilines is 1. The number of nitrogens with zero attached hydrogens (tertiary/aromatic N) is 1. The molecule has 16 heavy (non-hydrogen) atoms. The van der Waals surface area contributed by atoms with Gasteiger partial charge in [0.25, 0.3) is 0 Å². The molecule has 0 fully saturated rings. The van der Waals surface area contributed by atoms with Crippen molar-refractivity contribution in [3.63, 3.8) is 0 Å². The molecule has 0 aliphatic heterocycles. The molecule has 1 heterocycles. The number of aromatic nitrogens is 1. The summed E-state index contributed by atoms with van der Waals surface area (Å²) in [7, 11) is 0. The van der Waals surface area contributed by atoms with E-state index in [0.717, 1.165) is 0 Å². The van der Waals surface area contributed by atoms with E-state index in [1.54, 1.807) is 6.92 Å². The Hall–Kier alpha value is -1.69. The van der Waals surface area contributed by atoms with Crippen molar-refractivity contribution >= 4 is 23.4 Å². The standard InChI is InChI=1S/C9H12ClN3O3/c1-5(16-9(12)14)4-15-8-7(11)2-6(10)3-13-8/h2-3,5H,4,11H2,1H3,(H2,12,14). The lowest BCUT2D eigenvalue weighted by Gasteiger charge is -2.13. The van der Waals surface area contributed by atoms with Gasteiger partial charge >= 0.3 is 6.09 Å². The van der Waals surface area contributed by atoms with E-state index in [2.05, 4.69) is 9.72 Å². The number of carbonyl (C=O) groups excluding carboxylic acids is 1. The van der Waals surface area contributed by atoms with Gasteiger partial charge in [0.2, 0.25) is 5.88 Å². The largest absolute Gasteiger partial charge is 0.472 e. The van der Waals surface area contributed by atoms with E-state index in [1.807, 2.05) is 0 Å². The molecule has 1 rings (SSSR count). The number of rotatable bonds is 4. The number of carbonyl (C=O) groups is 1. The molecule has 0 aliphatic rings. The summed E-state index contributed by atoms with van der Waals surface area (Å²) in [6.07, 6.45) is 0.0786. The maximum atomic E-state index is 10.4. The lowest BCUT2D eigenvalue weighted by atomic mass is 10.4. The second kappa shape index (κ2) is 5.41. The van der Waals surface area contributed by atoms with Crippen LogP contribution in [0.5, 0.6) is 5.88 Å². The summed E-state index contributed by atoms with van der Waals surface area (Å²) >= 11 is 5.66. The Kier molecular flexibility index (Phi) is 4.19. The third kappa shape index (κ3) is 3.82. The van der Waals surface area contributed by atoms with Crippen molar-refractivity contribution < 1.29 is 14.3 Å². The Morgan fingerprint density at radius 2 is 2.38 bits per heavy atom. The van der Waals surface area contributed by atoms with Gasteiger partial charge in [-0.05, 0) is 13.0 Å². The second-order valence-corrected chi connectivity index (χ2v) is 3.54. The molecular formula is C9H12ClN3O3. The van der Waals surface area contributed by atoms with Crippen LogP contribution in [0.4, 0.5) is 10.5 Å². The maximum Gasteiger partial charge on any atom is 0.404 e. The van der Waals surface area contributed by atoms with Crippen LogP contribution in [0, 0.1) is 0 Å². The summed E-state index contributed by atoms with van der Waals surface area (Å²) in [4.78, 5) is 14.3. The molecule has 1 amide bonds. The molecule has 0 aromatic carbocycles. The van der Waals surface area contributed by atoms with E-state index in [-0.39, 0.29) is 12.5 Å². The van der Waals surface area contributed by atoms with Crippen molar-refractivity contribution in [3.05, 3.63) is 17.3 Å². The van der Waals surface area contributed by atoms with Gasteiger partial charge in [0.15, 0.2) is 0 Å². The minimum Gasteiger partial charge on any atom is -0.472 e. The van der Waals surface area contributed by atoms with Gasteiger partial charge in [-0.1, -0.05) is 11.6 Å². The zero-order valence-corrected chi connectivity index (χ0v) is 9.40. The number of ether oxygens (including phenoxy) is 2. The Bertz CT molecular complexity index is 386. The molecular weight excluding hydrogens is 234 g/mol. The molecule has 0 saturated heterocycles. The lowest BCUT2D eigenvalue weighted by molar-refractivity contribution is 0.0811. The van der Waals surface area contributed by atoms with Crippen LogP contribution < -0.4 is 16.2 Å². The maximum absolute atomic E-state index is 10.4. The van der Waals surface area contributed by atoms with Crippen LogP contribution >= 0.6 is 11.6 Å². The monoisotopic (exact) mass is 245 g/mol. The Morgan fingerprint density at radius 1 is 1.69 bits per heavy atom. The number of nitrogens with two attached hydrogens (primary N) is 2. The normalized spacial score (nSPS) is 11.9. The predicted octanol–water partition coefficient (Wildman–Crippen LogP) is 1.18. The highest BCUT2D eigenvalue weighted by Gasteiger charge is 2.09. The highest BCUT2D eigenvalue weighted by atomic mass is 35.5. The van der Waals surface area contributed by atoms with Crippen molar-refractivity contribution in [2.45, 2.75) is 13.0 Å². The lowest BCUT2D eigenvalue weighted by Crippen LogP contribution is -2.25. The smallest absolute Gasteiger partial charge is 0.404 e. The van der Waals surface area contributed by atoms with Crippen molar-refractivity contribution in [2.24, 2.45) is 5.73 Å². The zero-order chi connectivity index (χ0) is 12.1. The third-order valence-electron chi connectivity index (χ3n) is 1.62. The van der Waals surface area contributed by atoms with Crippen LogP contribution in [0.25, 0.3) is 0 Å². The van der Waals surface area contributed by atoms with Crippen LogP contribution in [0.2, 0.25) is 5.02 Å². The summed E-state index contributed by atoms with van der Waals surface area (Å²) in [5.74, 6) is 0.240. The van der Waals surface area contributed by atoms with Gasteiger partial charge in [-0.3, -0.25) is 0 Å². The number of primary amides is 1. The van der Waals surface area contributed by atoms with Gasteiger partial charge in [-0.25, -0.2) is 9.78 Å². The van der Waals surface area contributed by atoms with E-state index < -0.39 is 12.2 Å². The van der Waals surface area contributed by atoms with E-state index >= 15 is 0 Å². The highest BCUT2D eigenvalue weighted by molar-refractivity contribution is 6.30. The van der Waals surface area contributed by atoms with Gasteiger partial charge in [-0.2, -0.15) is 0 Å². The van der Waals surface area contributed by atoms with E-state index in [0.29, 0.717) is 10.7 Å². The first kappa shape index (κ1) is 12.4. The fourth-order valence-electron chi connectivity index (χ4n) is 0.992. The molecule has 0 saturated carbocycles. The predicted molar refractivity (Wildman–Crippen MR) is 59.3 cm³/mol. The fourth-order valence-corrected chi connectivity index (χ4v) is 1.16. The molecule has 1 unspecified atom stereocenters. The van der Waals surface area contributed by atoms with E-state index in [4.69, 9.17) is 27.8 Å². The first-order valence-electron chi connectivity index (χ1n) is 4.49. The van der Waals surface area contributed by atoms with E-state index in [9.17, 15) is 4.79 Å². The number of halogens is 1. The molecule has 0 bridgehead atoms. The second-order valence-electron chi connectivity index (χ2n) is 3.11. The fraction of sp³-hybridized carbons (Fsp3) is 0.333. The summed E-state index contributed by atoms with van der Waals surface area (Å²) in [6.45, 7) is 1.75. The van der Waals surface area contributed by atoms with Crippen molar-refractivity contribution in [3.8, 4) is 5.88 Å². The van der Waals surface area contributed by atoms with E-state index in [1.165, 1.54) is 12.3 Å². The molecule has 0 aliphatic carbocycles. The van der Waals surface area contributed by atoms with Gasteiger partial charge in [0, 0.05) is 6.20 Å². The summed E-state index contributed by atoms with van der Waals surface area (Å²) in [6, 6.07) is 1.52. The summed E-state index contributed by atoms with van der Waals surface area (Å²) in [5, 5.41) is 0.422. The molecule has 7 heteroatoms. The van der Waals surface area contributed by atoms with Crippen LogP contribution in [0.3, 0.4) is 0 Å². The number of amides is 1. The molecule has 1 aromatic heterocycles. The van der Waals surface area contributed by atoms with Gasteiger partial charge in [0.05, 0.1) is 10.7 Å². The minimum atomic E-state index is -0.854. The molecule has 4 N–H and O–H groups in total. The highest BCUT2D eigenvalue weighted by Crippen LogP contribution is 2.21. The van der Waals surface area contributed by atoms with Crippen molar-refractivity contribution in [2.75, 3.05) is 12.3 Å². The first-order valence-corrected chi connectivity index (χ1v) is 4.86. The third-order valence-corrected chi connectivity index (χ3v) is 1.82. The Morgan fingerprint density at radius 3 is 2.94 bits per heavy atom. The SMILES string of the molecule is CC(COc1ncc(Cl)cc1N)OC(N)=O. The average molecular weight is 246 g/mol. The van der Waals surface area contributed by atoms with Gasteiger partial charge in [-0.15, -0.1) is 0 Å². The van der Waals surface area contributed by atoms with Crippen molar-refractivity contribution in [1.29, 1.82) is 0 Å². The molecule has 0 radical (unpaired) electrons. The molecule has 0 spiro atoms. The summed E-state index contributed by atoms with van der Waals surface area (Å²) < 4.78 is 9.88. The number of hydrogen-bond donors (Lipinski definition) is 2. The first-order chi connectivity index (χ1) is 7.49. The number of hydrogen-bond acceptors (Lipinski definition) is 5. The van der Waals surface area contributed by atoms with Crippen molar-refractivity contribution in [1.82, 2.24) is 4.98 Å². The molecule has 88 valence electrons. The topological polar surface area (TPSA) is 100 Å². The quantitative estimate of drug-likeness (QED) is 0.830. The summed E-state index contributed by atoms with van der Waals surface area (Å²) in [5.41, 5.74) is 10.8. The average Bonchev–Trinajstić information content (AvgIpc) is 2.15. The number of nitrogen functional groups attached to an aromatic ring is 1. The Balaban J connectivity index is 2.51. The van der Waals surface area contributed by atoms with Gasteiger partial charge < -0.3 is 20.9 Å². The van der Waals surface area contributed by atoms with Crippen LogP contribution in [0.15, 0.2) is 12.3 Å². The van der Waals surface area contributed by atoms with Crippen LogP contribution in [-0.4, -0.2) is 23.8 Å². The molecule has 1 aromatic rings. The number of pyridine rings is 1.